The molecule has 5 heteroatoms. The quantitative estimate of drug-likeness (QED) is 0.753. The summed E-state index contributed by atoms with van der Waals surface area (Å²) in [6.45, 7) is 8.06. The Morgan fingerprint density at radius 2 is 1.87 bits per heavy atom. The number of rotatable bonds is 2. The van der Waals surface area contributed by atoms with Gasteiger partial charge in [-0.15, -0.1) is 0 Å². The predicted molar refractivity (Wildman–Crippen MR) is 92.4 cm³/mol. The fourth-order valence-electron chi connectivity index (χ4n) is 2.77. The third-order valence-corrected chi connectivity index (χ3v) is 4.15. The molecule has 3 N–H and O–H groups in total. The summed E-state index contributed by atoms with van der Waals surface area (Å²) in [5.41, 5.74) is 11.1. The molecule has 0 unspecified atom stereocenters. The molecule has 0 aliphatic heterocycles. The number of hydrogen-bond acceptors (Lipinski definition) is 5. The lowest BCUT2D eigenvalue weighted by atomic mass is 9.96. The Morgan fingerprint density at radius 1 is 1.13 bits per heavy atom. The summed E-state index contributed by atoms with van der Waals surface area (Å²) in [5, 5.41) is 10.9. The molecule has 2 aromatic heterocycles. The molecule has 1 aromatic carbocycles. The SMILES string of the molecule is Cc1ccc(O)c(C)c1-c1nc(C(C)C)cc2c(N)ncnc12. The van der Waals surface area contributed by atoms with Crippen molar-refractivity contribution in [3.05, 3.63) is 41.3 Å². The van der Waals surface area contributed by atoms with E-state index in [4.69, 9.17) is 10.7 Å². The summed E-state index contributed by atoms with van der Waals surface area (Å²) in [7, 11) is 0. The van der Waals surface area contributed by atoms with Crippen LogP contribution in [0.15, 0.2) is 24.5 Å². The van der Waals surface area contributed by atoms with Gasteiger partial charge in [-0.05, 0) is 37.5 Å². The first-order valence-corrected chi connectivity index (χ1v) is 7.60. The van der Waals surface area contributed by atoms with Gasteiger partial charge >= 0.3 is 0 Å². The minimum atomic E-state index is 0.246. The van der Waals surface area contributed by atoms with Crippen LogP contribution in [0.3, 0.4) is 0 Å². The van der Waals surface area contributed by atoms with Gasteiger partial charge in [-0.2, -0.15) is 0 Å². The number of nitrogens with zero attached hydrogens (tertiary/aromatic N) is 3. The molecule has 0 atom stereocenters. The molecule has 0 amide bonds. The van der Waals surface area contributed by atoms with Crippen molar-refractivity contribution in [2.75, 3.05) is 5.73 Å². The number of hydrogen-bond donors (Lipinski definition) is 2. The molecule has 23 heavy (non-hydrogen) atoms. The van der Waals surface area contributed by atoms with E-state index in [0.29, 0.717) is 11.3 Å². The number of aromatic nitrogens is 3. The molecule has 0 aliphatic rings. The molecule has 3 rings (SSSR count). The lowest BCUT2D eigenvalue weighted by molar-refractivity contribution is 0.471. The standard InChI is InChI=1S/C18H20N4O/c1-9(2)13-7-12-16(20-8-21-18(12)19)17(22-13)15-10(3)5-6-14(23)11(15)4/h5-9,23H,1-4H3,(H2,19,20,21). The number of aryl methyl sites for hydroxylation is 1. The first-order valence-electron chi connectivity index (χ1n) is 7.60. The molecule has 2 heterocycles. The monoisotopic (exact) mass is 308 g/mol. The van der Waals surface area contributed by atoms with E-state index in [-0.39, 0.29) is 11.7 Å². The summed E-state index contributed by atoms with van der Waals surface area (Å²) in [6, 6.07) is 5.54. The number of aromatic hydroxyl groups is 1. The van der Waals surface area contributed by atoms with Crippen molar-refractivity contribution in [3.63, 3.8) is 0 Å². The molecule has 0 bridgehead atoms. The van der Waals surface area contributed by atoms with Crippen molar-refractivity contribution in [1.29, 1.82) is 0 Å². The van der Waals surface area contributed by atoms with Gasteiger partial charge in [0, 0.05) is 22.2 Å². The van der Waals surface area contributed by atoms with Crippen LogP contribution in [0.5, 0.6) is 5.75 Å². The molecule has 3 aromatic rings. The summed E-state index contributed by atoms with van der Waals surface area (Å²) in [6.07, 6.45) is 1.45. The highest BCUT2D eigenvalue weighted by Crippen LogP contribution is 2.36. The minimum Gasteiger partial charge on any atom is -0.508 e. The second-order valence-electron chi connectivity index (χ2n) is 6.11. The zero-order chi connectivity index (χ0) is 16.7. The average molecular weight is 308 g/mol. The number of phenolic OH excluding ortho intramolecular Hbond substituents is 1. The maximum atomic E-state index is 10.1. The predicted octanol–water partition coefficient (Wildman–Crippen LogP) is 3.72. The Hall–Kier alpha value is -2.69. The van der Waals surface area contributed by atoms with Gasteiger partial charge in [0.2, 0.25) is 0 Å². The minimum absolute atomic E-state index is 0.246. The van der Waals surface area contributed by atoms with Crippen LogP contribution in [-0.4, -0.2) is 20.1 Å². The smallest absolute Gasteiger partial charge is 0.134 e. The van der Waals surface area contributed by atoms with Crippen molar-refractivity contribution in [2.24, 2.45) is 0 Å². The van der Waals surface area contributed by atoms with Crippen LogP contribution >= 0.6 is 0 Å². The Morgan fingerprint density at radius 3 is 2.57 bits per heavy atom. The summed E-state index contributed by atoms with van der Waals surface area (Å²) >= 11 is 0. The van der Waals surface area contributed by atoms with Crippen LogP contribution in [0.4, 0.5) is 5.82 Å². The zero-order valence-corrected chi connectivity index (χ0v) is 13.8. The van der Waals surface area contributed by atoms with Gasteiger partial charge in [0.1, 0.15) is 23.4 Å². The average Bonchev–Trinajstić information content (AvgIpc) is 2.51. The third kappa shape index (κ3) is 2.48. The molecule has 0 radical (unpaired) electrons. The molecular weight excluding hydrogens is 288 g/mol. The summed E-state index contributed by atoms with van der Waals surface area (Å²) < 4.78 is 0. The van der Waals surface area contributed by atoms with Gasteiger partial charge in [-0.25, -0.2) is 9.97 Å². The summed E-state index contributed by atoms with van der Waals surface area (Å²) in [5.74, 6) is 0.934. The van der Waals surface area contributed by atoms with E-state index in [2.05, 4.69) is 23.8 Å². The van der Waals surface area contributed by atoms with Gasteiger partial charge in [0.25, 0.3) is 0 Å². The molecule has 0 spiro atoms. The van der Waals surface area contributed by atoms with E-state index >= 15 is 0 Å². The van der Waals surface area contributed by atoms with Crippen molar-refractivity contribution < 1.29 is 5.11 Å². The lowest BCUT2D eigenvalue weighted by Crippen LogP contribution is -2.02. The van der Waals surface area contributed by atoms with E-state index in [1.807, 2.05) is 26.0 Å². The van der Waals surface area contributed by atoms with E-state index in [0.717, 1.165) is 33.5 Å². The zero-order valence-electron chi connectivity index (χ0n) is 13.8. The topological polar surface area (TPSA) is 84.9 Å². The van der Waals surface area contributed by atoms with Crippen molar-refractivity contribution >= 4 is 16.7 Å². The van der Waals surface area contributed by atoms with Crippen molar-refractivity contribution in [1.82, 2.24) is 15.0 Å². The fraction of sp³-hybridized carbons (Fsp3) is 0.278. The van der Waals surface area contributed by atoms with Gasteiger partial charge < -0.3 is 10.8 Å². The lowest BCUT2D eigenvalue weighted by Gasteiger charge is -2.16. The van der Waals surface area contributed by atoms with Gasteiger partial charge in [-0.1, -0.05) is 19.9 Å². The Kier molecular flexibility index (Phi) is 3.64. The van der Waals surface area contributed by atoms with Crippen LogP contribution in [0.25, 0.3) is 22.2 Å². The highest BCUT2D eigenvalue weighted by Gasteiger charge is 2.18. The van der Waals surface area contributed by atoms with E-state index in [9.17, 15) is 5.11 Å². The Bertz CT molecular complexity index is 903. The molecule has 5 nitrogen and oxygen atoms in total. The van der Waals surface area contributed by atoms with Gasteiger partial charge in [-0.3, -0.25) is 4.98 Å². The van der Waals surface area contributed by atoms with Crippen LogP contribution < -0.4 is 5.73 Å². The molecule has 0 saturated heterocycles. The fourth-order valence-corrected chi connectivity index (χ4v) is 2.77. The first kappa shape index (κ1) is 15.2. The number of nitrogens with two attached hydrogens (primary N) is 1. The van der Waals surface area contributed by atoms with Gasteiger partial charge in [0.15, 0.2) is 0 Å². The second kappa shape index (κ2) is 5.50. The number of phenols is 1. The molecular formula is C18H20N4O. The molecule has 0 saturated carbocycles. The number of benzene rings is 1. The normalized spacial score (nSPS) is 11.3. The van der Waals surface area contributed by atoms with Crippen LogP contribution in [-0.2, 0) is 0 Å². The van der Waals surface area contributed by atoms with Crippen LogP contribution in [0, 0.1) is 13.8 Å². The highest BCUT2D eigenvalue weighted by molar-refractivity contribution is 5.98. The second-order valence-corrected chi connectivity index (χ2v) is 6.11. The maximum absolute atomic E-state index is 10.1. The highest BCUT2D eigenvalue weighted by atomic mass is 16.3. The number of fused-ring (bicyclic) bond motifs is 1. The van der Waals surface area contributed by atoms with E-state index < -0.39 is 0 Å². The van der Waals surface area contributed by atoms with E-state index in [1.54, 1.807) is 6.07 Å². The molecule has 0 fully saturated rings. The molecule has 118 valence electrons. The number of anilines is 1. The Labute approximate surface area is 135 Å². The van der Waals surface area contributed by atoms with Crippen molar-refractivity contribution in [2.45, 2.75) is 33.6 Å². The third-order valence-electron chi connectivity index (χ3n) is 4.15. The number of nitrogen functional groups attached to an aromatic ring is 1. The van der Waals surface area contributed by atoms with Crippen LogP contribution in [0.1, 0.15) is 36.6 Å². The maximum Gasteiger partial charge on any atom is 0.134 e. The molecule has 0 aliphatic carbocycles. The van der Waals surface area contributed by atoms with Crippen LogP contribution in [0.2, 0.25) is 0 Å². The van der Waals surface area contributed by atoms with E-state index in [1.165, 1.54) is 6.33 Å². The van der Waals surface area contributed by atoms with Gasteiger partial charge in [0.05, 0.1) is 5.69 Å². The summed E-state index contributed by atoms with van der Waals surface area (Å²) in [4.78, 5) is 13.3. The first-order chi connectivity index (χ1) is 10.9. The Balaban J connectivity index is 2.46. The number of pyridine rings is 1. The largest absolute Gasteiger partial charge is 0.508 e. The van der Waals surface area contributed by atoms with Crippen molar-refractivity contribution in [3.8, 4) is 17.0 Å².